The lowest BCUT2D eigenvalue weighted by atomic mass is 9.95. The molecule has 0 radical (unpaired) electrons. The van der Waals surface area contributed by atoms with Crippen LogP contribution in [0.3, 0.4) is 0 Å². The lowest BCUT2D eigenvalue weighted by Gasteiger charge is -2.35. The Morgan fingerprint density at radius 3 is 2.88 bits per heavy atom. The number of anilines is 1. The molecule has 1 unspecified atom stereocenters. The fourth-order valence-corrected chi connectivity index (χ4v) is 3.55. The smallest absolute Gasteiger partial charge is 0.355 e. The van der Waals surface area contributed by atoms with E-state index in [1.54, 1.807) is 4.90 Å². The monoisotopic (exact) mass is 356 g/mol. The zero-order chi connectivity index (χ0) is 17.9. The van der Waals surface area contributed by atoms with Crippen molar-refractivity contribution in [1.29, 1.82) is 0 Å². The first kappa shape index (κ1) is 18.0. The first-order valence-corrected chi connectivity index (χ1v) is 8.73. The van der Waals surface area contributed by atoms with Gasteiger partial charge in [0.25, 0.3) is 0 Å². The van der Waals surface area contributed by atoms with E-state index in [1.807, 2.05) is 0 Å². The molecule has 0 spiro atoms. The lowest BCUT2D eigenvalue weighted by Crippen LogP contribution is -2.50. The van der Waals surface area contributed by atoms with Crippen molar-refractivity contribution in [1.82, 2.24) is 15.6 Å². The highest BCUT2D eigenvalue weighted by Crippen LogP contribution is 2.36. The fourth-order valence-electron chi connectivity index (χ4n) is 3.55. The molecule has 2 fully saturated rings. The molecule has 2 aliphatic rings. The minimum Gasteiger partial charge on any atom is -0.355 e. The van der Waals surface area contributed by atoms with Gasteiger partial charge in [0.2, 0.25) is 5.91 Å². The summed E-state index contributed by atoms with van der Waals surface area (Å²) in [7, 11) is 0. The van der Waals surface area contributed by atoms with E-state index < -0.39 is 11.7 Å². The number of amides is 1. The third-order valence-electron chi connectivity index (χ3n) is 4.83. The van der Waals surface area contributed by atoms with Gasteiger partial charge in [-0.2, -0.15) is 13.2 Å². The van der Waals surface area contributed by atoms with Gasteiger partial charge in [-0.25, -0.2) is 4.98 Å². The van der Waals surface area contributed by atoms with Crippen LogP contribution in [0.25, 0.3) is 0 Å². The summed E-state index contributed by atoms with van der Waals surface area (Å²) in [5, 5.41) is 6.28. The van der Waals surface area contributed by atoms with E-state index in [4.69, 9.17) is 0 Å². The van der Waals surface area contributed by atoms with E-state index in [-0.39, 0.29) is 30.2 Å². The van der Waals surface area contributed by atoms with E-state index in [0.29, 0.717) is 19.4 Å². The second kappa shape index (κ2) is 7.59. The molecule has 0 saturated carbocycles. The summed E-state index contributed by atoms with van der Waals surface area (Å²) < 4.78 is 39.6. The summed E-state index contributed by atoms with van der Waals surface area (Å²) in [5.41, 5.74) is -0.743. The summed E-state index contributed by atoms with van der Waals surface area (Å²) in [5.74, 6) is -0.450. The van der Waals surface area contributed by atoms with Gasteiger partial charge in [-0.3, -0.25) is 4.79 Å². The molecule has 5 nitrogen and oxygen atoms in total. The van der Waals surface area contributed by atoms with Crippen LogP contribution in [-0.2, 0) is 11.0 Å². The summed E-state index contributed by atoms with van der Waals surface area (Å²) in [4.78, 5) is 18.1. The van der Waals surface area contributed by atoms with Crippen LogP contribution < -0.4 is 15.5 Å². The van der Waals surface area contributed by atoms with Crippen LogP contribution >= 0.6 is 0 Å². The number of alkyl halides is 3. The minimum atomic E-state index is -4.45. The van der Waals surface area contributed by atoms with Gasteiger partial charge < -0.3 is 15.5 Å². The predicted molar refractivity (Wildman–Crippen MR) is 88.2 cm³/mol. The number of piperidine rings is 2. The van der Waals surface area contributed by atoms with Crippen molar-refractivity contribution < 1.29 is 18.0 Å². The van der Waals surface area contributed by atoms with E-state index in [0.717, 1.165) is 32.0 Å². The standard InChI is InChI=1S/C17H23F3N4O/c18-17(19,20)14-6-2-8-22-15(14)24-9-3-4-12(11-24)16(25)23-13-5-1-7-21-10-13/h2,6,8,12-13,21H,1,3-5,7,9-11H2,(H,23,25)/t12?,13-/m0/s1. The van der Waals surface area contributed by atoms with Gasteiger partial charge in [0.05, 0.1) is 11.5 Å². The van der Waals surface area contributed by atoms with Crippen molar-refractivity contribution in [2.24, 2.45) is 5.92 Å². The maximum atomic E-state index is 13.2. The molecule has 2 atom stereocenters. The average Bonchev–Trinajstić information content (AvgIpc) is 2.62. The Kier molecular flexibility index (Phi) is 5.46. The van der Waals surface area contributed by atoms with Gasteiger partial charge in [-0.15, -0.1) is 0 Å². The van der Waals surface area contributed by atoms with Gasteiger partial charge >= 0.3 is 6.18 Å². The molecule has 0 aliphatic carbocycles. The Morgan fingerprint density at radius 2 is 2.16 bits per heavy atom. The van der Waals surface area contributed by atoms with E-state index in [1.165, 1.54) is 12.3 Å². The maximum absolute atomic E-state index is 13.2. The van der Waals surface area contributed by atoms with Gasteiger partial charge in [-0.1, -0.05) is 0 Å². The molecule has 8 heteroatoms. The van der Waals surface area contributed by atoms with Crippen molar-refractivity contribution in [3.8, 4) is 0 Å². The van der Waals surface area contributed by atoms with Crippen molar-refractivity contribution >= 4 is 11.7 Å². The average molecular weight is 356 g/mol. The normalized spacial score (nSPS) is 24.8. The zero-order valence-corrected chi connectivity index (χ0v) is 14.0. The summed E-state index contributed by atoms with van der Waals surface area (Å²) in [6.45, 7) is 2.46. The molecule has 3 heterocycles. The van der Waals surface area contributed by atoms with Crippen LogP contribution in [0.15, 0.2) is 18.3 Å². The molecule has 1 aromatic rings. The molecule has 3 rings (SSSR count). The van der Waals surface area contributed by atoms with E-state index >= 15 is 0 Å². The number of nitrogens with zero attached hydrogens (tertiary/aromatic N) is 2. The minimum absolute atomic E-state index is 0.0668. The Labute approximate surface area is 145 Å². The Hall–Kier alpha value is -1.83. The highest BCUT2D eigenvalue weighted by Gasteiger charge is 2.37. The SMILES string of the molecule is O=C(N[C@H]1CCCNC1)C1CCCN(c2ncccc2C(F)(F)F)C1. The van der Waals surface area contributed by atoms with E-state index in [2.05, 4.69) is 15.6 Å². The van der Waals surface area contributed by atoms with Crippen LogP contribution in [0.2, 0.25) is 0 Å². The van der Waals surface area contributed by atoms with Gasteiger partial charge in [0.1, 0.15) is 5.82 Å². The number of carbonyl (C=O) groups excluding carboxylic acids is 1. The number of hydrogen-bond acceptors (Lipinski definition) is 4. The number of rotatable bonds is 3. The Balaban J connectivity index is 1.68. The number of hydrogen-bond donors (Lipinski definition) is 2. The van der Waals surface area contributed by atoms with Gasteiger partial charge in [0, 0.05) is 31.9 Å². The van der Waals surface area contributed by atoms with Crippen LogP contribution in [0.1, 0.15) is 31.2 Å². The molecule has 2 saturated heterocycles. The molecule has 138 valence electrons. The molecule has 0 aromatic carbocycles. The maximum Gasteiger partial charge on any atom is 0.419 e. The second-order valence-electron chi connectivity index (χ2n) is 6.71. The molecular formula is C17H23F3N4O. The summed E-state index contributed by atoms with van der Waals surface area (Å²) in [6, 6.07) is 2.44. The molecule has 2 aliphatic heterocycles. The van der Waals surface area contributed by atoms with Crippen molar-refractivity contribution in [2.75, 3.05) is 31.1 Å². The van der Waals surface area contributed by atoms with Crippen LogP contribution in [0.4, 0.5) is 19.0 Å². The first-order chi connectivity index (χ1) is 11.9. The number of pyridine rings is 1. The van der Waals surface area contributed by atoms with E-state index in [9.17, 15) is 18.0 Å². The topological polar surface area (TPSA) is 57.3 Å². The van der Waals surface area contributed by atoms with Crippen LogP contribution in [0.5, 0.6) is 0 Å². The summed E-state index contributed by atoms with van der Waals surface area (Å²) >= 11 is 0. The predicted octanol–water partition coefficient (Wildman–Crippen LogP) is 2.18. The molecule has 1 amide bonds. The van der Waals surface area contributed by atoms with Gasteiger partial charge in [-0.05, 0) is 44.4 Å². The number of nitrogens with one attached hydrogen (secondary N) is 2. The Bertz CT molecular complexity index is 602. The number of aromatic nitrogens is 1. The van der Waals surface area contributed by atoms with Crippen LogP contribution in [-0.4, -0.2) is 43.1 Å². The molecular weight excluding hydrogens is 333 g/mol. The van der Waals surface area contributed by atoms with Crippen molar-refractivity contribution in [3.05, 3.63) is 23.9 Å². The Morgan fingerprint density at radius 1 is 1.32 bits per heavy atom. The van der Waals surface area contributed by atoms with Crippen molar-refractivity contribution in [2.45, 2.75) is 37.9 Å². The highest BCUT2D eigenvalue weighted by molar-refractivity contribution is 5.80. The molecule has 2 N–H and O–H groups in total. The van der Waals surface area contributed by atoms with Gasteiger partial charge in [0.15, 0.2) is 0 Å². The quantitative estimate of drug-likeness (QED) is 0.872. The molecule has 1 aromatic heterocycles. The van der Waals surface area contributed by atoms with Crippen molar-refractivity contribution in [3.63, 3.8) is 0 Å². The first-order valence-electron chi connectivity index (χ1n) is 8.73. The number of carbonyl (C=O) groups is 1. The third-order valence-corrected chi connectivity index (χ3v) is 4.83. The number of halogens is 3. The molecule has 25 heavy (non-hydrogen) atoms. The largest absolute Gasteiger partial charge is 0.419 e. The fraction of sp³-hybridized carbons (Fsp3) is 0.647. The third kappa shape index (κ3) is 4.42. The second-order valence-corrected chi connectivity index (χ2v) is 6.71. The van der Waals surface area contributed by atoms with Crippen LogP contribution in [0, 0.1) is 5.92 Å². The molecule has 0 bridgehead atoms. The highest BCUT2D eigenvalue weighted by atomic mass is 19.4. The summed E-state index contributed by atoms with van der Waals surface area (Å²) in [6.07, 6.45) is 0.234. The lowest BCUT2D eigenvalue weighted by molar-refractivity contribution is -0.137. The zero-order valence-electron chi connectivity index (χ0n) is 14.0.